The number of aromatic amines is 1. The molecule has 0 aliphatic carbocycles. The number of ether oxygens (including phenoxy) is 2. The van der Waals surface area contributed by atoms with Crippen LogP contribution in [-0.4, -0.2) is 56.7 Å². The molecule has 1 aromatic carbocycles. The Labute approximate surface area is 141 Å². The lowest BCUT2D eigenvalue weighted by atomic mass is 9.96. The molecule has 1 N–H and O–H groups in total. The fourth-order valence-electron chi connectivity index (χ4n) is 2.79. The number of likely N-dealkylation sites (N-methyl/N-ethyl adjacent to an activating group) is 1. The lowest BCUT2D eigenvalue weighted by molar-refractivity contribution is -0.158. The molecule has 2 aromatic rings. The molecule has 0 atom stereocenters. The molecular formula is C18H24N2O4. The van der Waals surface area contributed by atoms with Gasteiger partial charge in [-0.3, -0.25) is 9.59 Å². The van der Waals surface area contributed by atoms with Gasteiger partial charge >= 0.3 is 11.9 Å². The molecule has 2 rings (SSSR count). The molecule has 0 saturated heterocycles. The van der Waals surface area contributed by atoms with Gasteiger partial charge in [-0.1, -0.05) is 18.2 Å². The third-order valence-electron chi connectivity index (χ3n) is 4.09. The van der Waals surface area contributed by atoms with Gasteiger partial charge in [0, 0.05) is 29.6 Å². The quantitative estimate of drug-likeness (QED) is 0.618. The molecule has 0 spiro atoms. The van der Waals surface area contributed by atoms with Crippen molar-refractivity contribution < 1.29 is 19.1 Å². The Morgan fingerprint density at radius 2 is 1.75 bits per heavy atom. The van der Waals surface area contributed by atoms with E-state index in [1.807, 2.05) is 38.4 Å². The number of nitrogens with one attached hydrogen (secondary N) is 1. The fraction of sp³-hybridized carbons (Fsp3) is 0.444. The minimum atomic E-state index is -0.961. The van der Waals surface area contributed by atoms with Gasteiger partial charge in [0.1, 0.15) is 0 Å². The molecule has 0 aliphatic heterocycles. The molecule has 6 heteroatoms. The van der Waals surface area contributed by atoms with E-state index in [9.17, 15) is 9.59 Å². The number of fused-ring (bicyclic) bond motifs is 1. The predicted molar refractivity (Wildman–Crippen MR) is 91.8 cm³/mol. The van der Waals surface area contributed by atoms with Crippen LogP contribution >= 0.6 is 0 Å². The lowest BCUT2D eigenvalue weighted by Gasteiger charge is -2.14. The molecule has 1 aromatic heterocycles. The van der Waals surface area contributed by atoms with E-state index in [2.05, 4.69) is 9.88 Å². The van der Waals surface area contributed by atoms with Crippen molar-refractivity contribution in [3.63, 3.8) is 0 Å². The summed E-state index contributed by atoms with van der Waals surface area (Å²) in [5.74, 6) is -2.12. The van der Waals surface area contributed by atoms with Gasteiger partial charge in [-0.15, -0.1) is 0 Å². The number of carbonyl (C=O) groups excluding carboxylic acids is 2. The zero-order valence-corrected chi connectivity index (χ0v) is 14.6. The van der Waals surface area contributed by atoms with Gasteiger partial charge in [0.05, 0.1) is 14.2 Å². The van der Waals surface area contributed by atoms with E-state index in [-0.39, 0.29) is 6.42 Å². The van der Waals surface area contributed by atoms with Crippen molar-refractivity contribution in [3.8, 4) is 0 Å². The monoisotopic (exact) mass is 332 g/mol. The summed E-state index contributed by atoms with van der Waals surface area (Å²) in [7, 11) is 6.57. The molecule has 0 amide bonds. The maximum Gasteiger partial charge on any atom is 0.320 e. The molecule has 24 heavy (non-hydrogen) atoms. The second kappa shape index (κ2) is 7.97. The van der Waals surface area contributed by atoms with Gasteiger partial charge < -0.3 is 19.4 Å². The third-order valence-corrected chi connectivity index (χ3v) is 4.09. The van der Waals surface area contributed by atoms with Gasteiger partial charge in [0.15, 0.2) is 5.92 Å². The number of aromatic nitrogens is 1. The van der Waals surface area contributed by atoms with Crippen LogP contribution in [0.4, 0.5) is 0 Å². The Morgan fingerprint density at radius 3 is 2.33 bits per heavy atom. The largest absolute Gasteiger partial charge is 0.468 e. The first-order valence-electron chi connectivity index (χ1n) is 7.86. The summed E-state index contributed by atoms with van der Waals surface area (Å²) in [5.41, 5.74) is 2.99. The van der Waals surface area contributed by atoms with Crippen LogP contribution in [0.3, 0.4) is 0 Å². The standard InChI is InChI=1S/C18H24N2O4/c1-20(2)10-9-16-13(12-7-5-6-8-15(12)19-16)11-14(17(21)23-3)18(22)24-4/h5-8,14,19H,9-11H2,1-4H3. The molecule has 0 aliphatic rings. The van der Waals surface area contributed by atoms with Crippen molar-refractivity contribution in [2.24, 2.45) is 5.92 Å². The highest BCUT2D eigenvalue weighted by Gasteiger charge is 2.30. The summed E-state index contributed by atoms with van der Waals surface area (Å²) in [6.07, 6.45) is 1.05. The van der Waals surface area contributed by atoms with Crippen LogP contribution in [0.25, 0.3) is 10.9 Å². The summed E-state index contributed by atoms with van der Waals surface area (Å²) in [6, 6.07) is 7.88. The van der Waals surface area contributed by atoms with Crippen LogP contribution in [0.2, 0.25) is 0 Å². The lowest BCUT2D eigenvalue weighted by Crippen LogP contribution is -2.29. The van der Waals surface area contributed by atoms with Crippen LogP contribution in [0, 0.1) is 5.92 Å². The first kappa shape index (κ1) is 18.0. The molecule has 0 bridgehead atoms. The second-order valence-corrected chi connectivity index (χ2v) is 5.98. The van der Waals surface area contributed by atoms with Crippen LogP contribution in [-0.2, 0) is 31.9 Å². The highest BCUT2D eigenvalue weighted by Crippen LogP contribution is 2.26. The SMILES string of the molecule is COC(=O)C(Cc1c(CCN(C)C)[nH]c2ccccc12)C(=O)OC. The Bertz CT molecular complexity index is 705. The molecular weight excluding hydrogens is 308 g/mol. The van der Waals surface area contributed by atoms with Crippen molar-refractivity contribution in [2.75, 3.05) is 34.9 Å². The fourth-order valence-corrected chi connectivity index (χ4v) is 2.79. The minimum Gasteiger partial charge on any atom is -0.468 e. The van der Waals surface area contributed by atoms with Crippen LogP contribution < -0.4 is 0 Å². The van der Waals surface area contributed by atoms with Crippen molar-refractivity contribution >= 4 is 22.8 Å². The number of benzene rings is 1. The van der Waals surface area contributed by atoms with Gasteiger partial charge in [-0.05, 0) is 32.1 Å². The summed E-state index contributed by atoms with van der Waals surface area (Å²) >= 11 is 0. The maximum atomic E-state index is 12.0. The highest BCUT2D eigenvalue weighted by atomic mass is 16.5. The van der Waals surface area contributed by atoms with Crippen LogP contribution in [0.1, 0.15) is 11.3 Å². The second-order valence-electron chi connectivity index (χ2n) is 5.98. The Kier molecular flexibility index (Phi) is 5.98. The maximum absolute atomic E-state index is 12.0. The third kappa shape index (κ3) is 3.94. The summed E-state index contributed by atoms with van der Waals surface area (Å²) in [5, 5.41) is 1.02. The molecule has 0 fully saturated rings. The zero-order chi connectivity index (χ0) is 17.7. The molecule has 6 nitrogen and oxygen atoms in total. The summed E-state index contributed by atoms with van der Waals surface area (Å²) in [4.78, 5) is 29.5. The van der Waals surface area contributed by atoms with E-state index >= 15 is 0 Å². The molecule has 0 unspecified atom stereocenters. The molecule has 0 radical (unpaired) electrons. The van der Waals surface area contributed by atoms with E-state index in [0.717, 1.165) is 35.1 Å². The van der Waals surface area contributed by atoms with Gasteiger partial charge in [-0.2, -0.15) is 0 Å². The Morgan fingerprint density at radius 1 is 1.12 bits per heavy atom. The number of carbonyl (C=O) groups is 2. The number of H-pyrrole nitrogens is 1. The van der Waals surface area contributed by atoms with Gasteiger partial charge in [0.25, 0.3) is 0 Å². The number of esters is 2. The number of hydrogen-bond acceptors (Lipinski definition) is 5. The van der Waals surface area contributed by atoms with E-state index < -0.39 is 17.9 Å². The minimum absolute atomic E-state index is 0.256. The Balaban J connectivity index is 2.41. The number of rotatable bonds is 7. The Hall–Kier alpha value is -2.34. The van der Waals surface area contributed by atoms with Crippen molar-refractivity contribution in [3.05, 3.63) is 35.5 Å². The first-order valence-corrected chi connectivity index (χ1v) is 7.86. The summed E-state index contributed by atoms with van der Waals surface area (Å²) in [6.45, 7) is 0.862. The average molecular weight is 332 g/mol. The van der Waals surface area contributed by atoms with E-state index in [0.29, 0.717) is 0 Å². The smallest absolute Gasteiger partial charge is 0.320 e. The molecule has 1 heterocycles. The van der Waals surface area contributed by atoms with Crippen molar-refractivity contribution in [1.82, 2.24) is 9.88 Å². The molecule has 0 saturated carbocycles. The van der Waals surface area contributed by atoms with Crippen molar-refractivity contribution in [2.45, 2.75) is 12.8 Å². The summed E-state index contributed by atoms with van der Waals surface area (Å²) < 4.78 is 9.55. The van der Waals surface area contributed by atoms with E-state index in [4.69, 9.17) is 9.47 Å². The first-order chi connectivity index (χ1) is 11.5. The molecule has 130 valence electrons. The predicted octanol–water partition coefficient (Wildman–Crippen LogP) is 1.78. The van der Waals surface area contributed by atoms with Gasteiger partial charge in [0.2, 0.25) is 0 Å². The number of nitrogens with zero attached hydrogens (tertiary/aromatic N) is 1. The topological polar surface area (TPSA) is 71.6 Å². The number of hydrogen-bond donors (Lipinski definition) is 1. The van der Waals surface area contributed by atoms with Crippen LogP contribution in [0.15, 0.2) is 24.3 Å². The van der Waals surface area contributed by atoms with E-state index in [1.165, 1.54) is 14.2 Å². The highest BCUT2D eigenvalue weighted by molar-refractivity contribution is 5.96. The normalized spacial score (nSPS) is 11.2. The number of methoxy groups -OCH3 is 2. The average Bonchev–Trinajstić information content (AvgIpc) is 2.94. The van der Waals surface area contributed by atoms with E-state index in [1.54, 1.807) is 0 Å². The zero-order valence-electron chi connectivity index (χ0n) is 14.6. The van der Waals surface area contributed by atoms with Crippen molar-refractivity contribution in [1.29, 1.82) is 0 Å². The number of para-hydroxylation sites is 1. The van der Waals surface area contributed by atoms with Gasteiger partial charge in [-0.25, -0.2) is 0 Å². The van der Waals surface area contributed by atoms with Crippen LogP contribution in [0.5, 0.6) is 0 Å².